The van der Waals surface area contributed by atoms with E-state index in [1.807, 2.05) is 6.92 Å². The number of aliphatic carboxylic acids is 1. The van der Waals surface area contributed by atoms with E-state index in [0.717, 1.165) is 0 Å². The normalized spacial score (nSPS) is 13.2. The second-order valence-corrected chi connectivity index (χ2v) is 2.73. The van der Waals surface area contributed by atoms with Gasteiger partial charge >= 0.3 is 5.97 Å². The van der Waals surface area contributed by atoms with Crippen molar-refractivity contribution < 1.29 is 19.4 Å². The molecule has 1 unspecified atom stereocenters. The van der Waals surface area contributed by atoms with E-state index in [4.69, 9.17) is 14.6 Å². The lowest BCUT2D eigenvalue weighted by Gasteiger charge is -2.21. The zero-order valence-corrected chi connectivity index (χ0v) is 8.24. The molecule has 0 bridgehead atoms. The standard InChI is InChI=1S/C8H17NO4/c1-6(8(12-2)13-3)9-5-4-7(10)11/h6,8-9H,4-5H2,1-3H3,(H,10,11). The summed E-state index contributed by atoms with van der Waals surface area (Å²) in [4.78, 5) is 10.2. The molecule has 0 aliphatic carbocycles. The Bertz CT molecular complexity index is 147. The van der Waals surface area contributed by atoms with Gasteiger partial charge in [0.2, 0.25) is 0 Å². The Hall–Kier alpha value is -0.650. The molecule has 13 heavy (non-hydrogen) atoms. The van der Waals surface area contributed by atoms with E-state index in [9.17, 15) is 4.79 Å². The summed E-state index contributed by atoms with van der Waals surface area (Å²) in [6, 6.07) is -0.0191. The molecule has 0 amide bonds. The lowest BCUT2D eigenvalue weighted by Crippen LogP contribution is -2.40. The summed E-state index contributed by atoms with van der Waals surface area (Å²) in [6.07, 6.45) is -0.237. The summed E-state index contributed by atoms with van der Waals surface area (Å²) in [5.41, 5.74) is 0. The number of carboxylic acid groups (broad SMARTS) is 1. The lowest BCUT2D eigenvalue weighted by atomic mass is 10.3. The summed E-state index contributed by atoms with van der Waals surface area (Å²) in [7, 11) is 3.09. The highest BCUT2D eigenvalue weighted by atomic mass is 16.7. The molecule has 2 N–H and O–H groups in total. The molecule has 0 aromatic rings. The molecular weight excluding hydrogens is 174 g/mol. The Morgan fingerprint density at radius 1 is 1.46 bits per heavy atom. The van der Waals surface area contributed by atoms with Crippen LogP contribution in [-0.4, -0.2) is 44.2 Å². The molecule has 0 spiro atoms. The molecule has 78 valence electrons. The van der Waals surface area contributed by atoms with Crippen molar-refractivity contribution in [1.82, 2.24) is 5.32 Å². The average molecular weight is 191 g/mol. The predicted octanol–water partition coefficient (Wildman–Crippen LogP) is 0.0581. The van der Waals surface area contributed by atoms with Crippen LogP contribution in [-0.2, 0) is 14.3 Å². The van der Waals surface area contributed by atoms with Crippen LogP contribution in [0, 0.1) is 0 Å². The molecule has 0 heterocycles. The monoisotopic (exact) mass is 191 g/mol. The summed E-state index contributed by atoms with van der Waals surface area (Å²) in [6.45, 7) is 2.29. The number of methoxy groups -OCH3 is 2. The van der Waals surface area contributed by atoms with Crippen LogP contribution in [0.15, 0.2) is 0 Å². The van der Waals surface area contributed by atoms with Crippen molar-refractivity contribution in [2.24, 2.45) is 0 Å². The van der Waals surface area contributed by atoms with Crippen LogP contribution in [0.4, 0.5) is 0 Å². The molecule has 0 fully saturated rings. The molecule has 0 aliphatic rings. The largest absolute Gasteiger partial charge is 0.481 e. The summed E-state index contributed by atoms with van der Waals surface area (Å²) in [5, 5.41) is 11.4. The maximum absolute atomic E-state index is 10.2. The molecular formula is C8H17NO4. The third-order valence-electron chi connectivity index (χ3n) is 1.68. The van der Waals surface area contributed by atoms with Crippen LogP contribution in [0.3, 0.4) is 0 Å². The third kappa shape index (κ3) is 5.57. The Labute approximate surface area is 78.0 Å². The first-order chi connectivity index (χ1) is 6.11. The van der Waals surface area contributed by atoms with E-state index < -0.39 is 5.97 Å². The van der Waals surface area contributed by atoms with Gasteiger partial charge in [-0.25, -0.2) is 0 Å². The minimum atomic E-state index is -0.814. The minimum Gasteiger partial charge on any atom is -0.481 e. The number of hydrogen-bond acceptors (Lipinski definition) is 4. The average Bonchev–Trinajstić information content (AvgIpc) is 2.05. The first kappa shape index (κ1) is 12.3. The highest BCUT2D eigenvalue weighted by Crippen LogP contribution is 1.97. The van der Waals surface area contributed by atoms with Crippen molar-refractivity contribution in [3.05, 3.63) is 0 Å². The number of nitrogens with one attached hydrogen (secondary N) is 1. The Morgan fingerprint density at radius 3 is 2.38 bits per heavy atom. The number of hydrogen-bond donors (Lipinski definition) is 2. The van der Waals surface area contributed by atoms with E-state index in [0.29, 0.717) is 6.54 Å². The van der Waals surface area contributed by atoms with E-state index in [-0.39, 0.29) is 18.8 Å². The smallest absolute Gasteiger partial charge is 0.304 e. The van der Waals surface area contributed by atoms with Gasteiger partial charge in [-0.2, -0.15) is 0 Å². The molecule has 0 saturated heterocycles. The van der Waals surface area contributed by atoms with Gasteiger partial charge < -0.3 is 19.9 Å². The maximum Gasteiger partial charge on any atom is 0.304 e. The van der Waals surface area contributed by atoms with Crippen molar-refractivity contribution in [3.63, 3.8) is 0 Å². The van der Waals surface area contributed by atoms with Crippen LogP contribution in [0.25, 0.3) is 0 Å². The van der Waals surface area contributed by atoms with E-state index in [1.54, 1.807) is 14.2 Å². The molecule has 0 rings (SSSR count). The van der Waals surface area contributed by atoms with Crippen molar-refractivity contribution in [3.8, 4) is 0 Å². The minimum absolute atomic E-state index is 0.0191. The molecule has 5 nitrogen and oxygen atoms in total. The van der Waals surface area contributed by atoms with E-state index >= 15 is 0 Å². The zero-order valence-electron chi connectivity index (χ0n) is 8.24. The quantitative estimate of drug-likeness (QED) is 0.557. The van der Waals surface area contributed by atoms with Gasteiger partial charge in [0.1, 0.15) is 0 Å². The number of ether oxygens (including phenoxy) is 2. The van der Waals surface area contributed by atoms with Crippen LogP contribution in [0.1, 0.15) is 13.3 Å². The molecule has 1 atom stereocenters. The molecule has 0 saturated carbocycles. The van der Waals surface area contributed by atoms with Gasteiger partial charge in [-0.05, 0) is 6.92 Å². The first-order valence-corrected chi connectivity index (χ1v) is 4.12. The van der Waals surface area contributed by atoms with Gasteiger partial charge in [-0.3, -0.25) is 4.79 Å². The van der Waals surface area contributed by atoms with Gasteiger partial charge in [-0.1, -0.05) is 0 Å². The van der Waals surface area contributed by atoms with Crippen LogP contribution in [0.5, 0.6) is 0 Å². The topological polar surface area (TPSA) is 67.8 Å². The predicted molar refractivity (Wildman–Crippen MR) is 47.5 cm³/mol. The van der Waals surface area contributed by atoms with Crippen LogP contribution >= 0.6 is 0 Å². The SMILES string of the molecule is COC(OC)C(C)NCCC(=O)O. The lowest BCUT2D eigenvalue weighted by molar-refractivity contribution is -0.137. The summed E-state index contributed by atoms with van der Waals surface area (Å²) in [5.74, 6) is -0.814. The van der Waals surface area contributed by atoms with Crippen LogP contribution < -0.4 is 5.32 Å². The van der Waals surface area contributed by atoms with E-state index in [2.05, 4.69) is 5.32 Å². The van der Waals surface area contributed by atoms with Gasteiger partial charge in [0, 0.05) is 20.8 Å². The third-order valence-corrected chi connectivity index (χ3v) is 1.68. The second kappa shape index (κ2) is 6.82. The molecule has 0 aromatic carbocycles. The Kier molecular flexibility index (Phi) is 6.48. The van der Waals surface area contributed by atoms with E-state index in [1.165, 1.54) is 0 Å². The van der Waals surface area contributed by atoms with Crippen molar-refractivity contribution >= 4 is 5.97 Å². The van der Waals surface area contributed by atoms with Gasteiger partial charge in [-0.15, -0.1) is 0 Å². The second-order valence-electron chi connectivity index (χ2n) is 2.73. The van der Waals surface area contributed by atoms with Gasteiger partial charge in [0.05, 0.1) is 12.5 Å². The number of carboxylic acids is 1. The fraction of sp³-hybridized carbons (Fsp3) is 0.875. The molecule has 0 aromatic heterocycles. The highest BCUT2D eigenvalue weighted by Gasteiger charge is 2.14. The zero-order chi connectivity index (χ0) is 10.3. The number of carbonyl (C=O) groups is 1. The number of rotatable bonds is 7. The Balaban J connectivity index is 3.59. The molecule has 5 heteroatoms. The summed E-state index contributed by atoms with van der Waals surface area (Å²) >= 11 is 0. The van der Waals surface area contributed by atoms with Gasteiger partial charge in [0.15, 0.2) is 6.29 Å². The van der Waals surface area contributed by atoms with Gasteiger partial charge in [0.25, 0.3) is 0 Å². The summed E-state index contributed by atoms with van der Waals surface area (Å²) < 4.78 is 9.97. The van der Waals surface area contributed by atoms with Crippen molar-refractivity contribution in [1.29, 1.82) is 0 Å². The van der Waals surface area contributed by atoms with Crippen LogP contribution in [0.2, 0.25) is 0 Å². The fourth-order valence-electron chi connectivity index (χ4n) is 1.01. The van der Waals surface area contributed by atoms with Crippen molar-refractivity contribution in [2.75, 3.05) is 20.8 Å². The molecule has 0 aliphatic heterocycles. The molecule has 0 radical (unpaired) electrons. The van der Waals surface area contributed by atoms with Crippen molar-refractivity contribution in [2.45, 2.75) is 25.7 Å². The maximum atomic E-state index is 10.2. The fourth-order valence-corrected chi connectivity index (χ4v) is 1.01. The first-order valence-electron chi connectivity index (χ1n) is 4.12. The Morgan fingerprint density at radius 2 is 2.00 bits per heavy atom. The highest BCUT2D eigenvalue weighted by molar-refractivity contribution is 5.66.